The number of aromatic nitrogens is 3. The van der Waals surface area contributed by atoms with Gasteiger partial charge >= 0.3 is 0 Å². The van der Waals surface area contributed by atoms with Crippen molar-refractivity contribution in [1.82, 2.24) is 15.2 Å². The van der Waals surface area contributed by atoms with Crippen LogP contribution in [0.1, 0.15) is 20.9 Å². The van der Waals surface area contributed by atoms with E-state index in [1.54, 1.807) is 18.3 Å². The molecule has 0 spiro atoms. The molecule has 6 nitrogen and oxygen atoms in total. The number of anilines is 1. The Morgan fingerprint density at radius 2 is 2.04 bits per heavy atom. The minimum atomic E-state index is -0.443. The number of benzene rings is 1. The van der Waals surface area contributed by atoms with E-state index in [0.29, 0.717) is 21.6 Å². The van der Waals surface area contributed by atoms with Crippen LogP contribution in [-0.4, -0.2) is 21.1 Å². The fourth-order valence-electron chi connectivity index (χ4n) is 1.93. The molecule has 1 aromatic carbocycles. The lowest BCUT2D eigenvalue weighted by molar-refractivity contribution is 0.102. The van der Waals surface area contributed by atoms with Gasteiger partial charge in [0.1, 0.15) is 5.69 Å². The van der Waals surface area contributed by atoms with E-state index in [-0.39, 0.29) is 11.3 Å². The van der Waals surface area contributed by atoms with Crippen LogP contribution in [0.15, 0.2) is 41.3 Å². The maximum Gasteiger partial charge on any atom is 0.277 e. The quantitative estimate of drug-likeness (QED) is 0.725. The first-order valence-electron chi connectivity index (χ1n) is 6.77. The topological polar surface area (TPSA) is 87.7 Å². The van der Waals surface area contributed by atoms with Crippen LogP contribution in [0.3, 0.4) is 0 Å². The number of hydrogen-bond acceptors (Lipinski definition) is 5. The Morgan fingerprint density at radius 3 is 2.75 bits per heavy atom. The summed E-state index contributed by atoms with van der Waals surface area (Å²) in [5, 5.41) is 9.97. The van der Waals surface area contributed by atoms with Crippen LogP contribution in [0, 0.1) is 0 Å². The molecule has 24 heavy (non-hydrogen) atoms. The highest BCUT2D eigenvalue weighted by Gasteiger charge is 2.11. The maximum absolute atomic E-state index is 12.0. The highest BCUT2D eigenvalue weighted by molar-refractivity contribution is 7.15. The van der Waals surface area contributed by atoms with E-state index in [0.717, 1.165) is 10.4 Å². The summed E-state index contributed by atoms with van der Waals surface area (Å²) in [5.41, 5.74) is 0.730. The summed E-state index contributed by atoms with van der Waals surface area (Å²) in [6.07, 6.45) is 2.31. The first-order valence-corrected chi connectivity index (χ1v) is 8.34. The van der Waals surface area contributed by atoms with E-state index in [4.69, 9.17) is 23.2 Å². The van der Waals surface area contributed by atoms with Gasteiger partial charge in [0.15, 0.2) is 5.13 Å². The normalized spacial score (nSPS) is 10.6. The molecule has 0 aliphatic heterocycles. The molecule has 9 heteroatoms. The first kappa shape index (κ1) is 16.6. The second kappa shape index (κ2) is 7.12. The van der Waals surface area contributed by atoms with E-state index in [1.165, 1.54) is 23.5 Å². The third-order valence-corrected chi connectivity index (χ3v) is 4.70. The van der Waals surface area contributed by atoms with Gasteiger partial charge in [-0.2, -0.15) is 5.10 Å². The molecular formula is C15H10Cl2N4O2S. The number of hydrogen-bond donors (Lipinski definition) is 2. The predicted molar refractivity (Wildman–Crippen MR) is 94.2 cm³/mol. The number of amides is 1. The molecule has 0 unspecified atom stereocenters. The summed E-state index contributed by atoms with van der Waals surface area (Å²) in [6.45, 7) is 0. The van der Waals surface area contributed by atoms with Crippen molar-refractivity contribution in [1.29, 1.82) is 0 Å². The predicted octanol–water partition coefficient (Wildman–Crippen LogP) is 3.38. The Balaban J connectivity index is 1.68. The van der Waals surface area contributed by atoms with Crippen LogP contribution in [0.2, 0.25) is 10.0 Å². The summed E-state index contributed by atoms with van der Waals surface area (Å²) >= 11 is 13.2. The van der Waals surface area contributed by atoms with Crippen LogP contribution in [0.25, 0.3) is 0 Å². The van der Waals surface area contributed by atoms with Gasteiger partial charge in [-0.25, -0.2) is 10.1 Å². The van der Waals surface area contributed by atoms with Crippen molar-refractivity contribution in [3.63, 3.8) is 0 Å². The fraction of sp³-hybridized carbons (Fsp3) is 0.0667. The molecule has 2 aromatic heterocycles. The molecule has 0 bridgehead atoms. The SMILES string of the molecule is O=C(Nc1ncc(Cc2ccc(Cl)c(Cl)c2)s1)c1ccc(=O)[nH]n1. The highest BCUT2D eigenvalue weighted by atomic mass is 35.5. The molecule has 3 rings (SSSR count). The van der Waals surface area contributed by atoms with Crippen LogP contribution >= 0.6 is 34.5 Å². The molecule has 0 atom stereocenters. The molecule has 2 N–H and O–H groups in total. The van der Waals surface area contributed by atoms with Crippen molar-refractivity contribution < 1.29 is 4.79 Å². The minimum Gasteiger partial charge on any atom is -0.296 e. The summed E-state index contributed by atoms with van der Waals surface area (Å²) in [6, 6.07) is 8.01. The molecule has 0 saturated carbocycles. The third kappa shape index (κ3) is 4.00. The molecule has 3 aromatic rings. The van der Waals surface area contributed by atoms with E-state index in [1.807, 2.05) is 6.07 Å². The van der Waals surface area contributed by atoms with Crippen molar-refractivity contribution in [2.24, 2.45) is 0 Å². The van der Waals surface area contributed by atoms with Crippen LogP contribution in [-0.2, 0) is 6.42 Å². The maximum atomic E-state index is 12.0. The number of aromatic amines is 1. The zero-order chi connectivity index (χ0) is 17.1. The molecule has 0 saturated heterocycles. The lowest BCUT2D eigenvalue weighted by atomic mass is 10.1. The molecular weight excluding hydrogens is 371 g/mol. The van der Waals surface area contributed by atoms with Gasteiger partial charge in [-0.3, -0.25) is 14.9 Å². The molecule has 0 aliphatic carbocycles. The number of rotatable bonds is 4. The molecule has 2 heterocycles. The molecule has 1 amide bonds. The Kier molecular flexibility index (Phi) is 4.94. The van der Waals surface area contributed by atoms with E-state index in [2.05, 4.69) is 20.5 Å². The van der Waals surface area contributed by atoms with Gasteiger partial charge in [0.25, 0.3) is 11.5 Å². The summed E-state index contributed by atoms with van der Waals surface area (Å²) in [5.74, 6) is -0.443. The fourth-order valence-corrected chi connectivity index (χ4v) is 3.09. The minimum absolute atomic E-state index is 0.107. The number of halogens is 2. The summed E-state index contributed by atoms with van der Waals surface area (Å²) in [7, 11) is 0. The van der Waals surface area contributed by atoms with E-state index >= 15 is 0 Å². The van der Waals surface area contributed by atoms with Crippen molar-refractivity contribution in [2.75, 3.05) is 5.32 Å². The van der Waals surface area contributed by atoms with Gasteiger partial charge in [-0.05, 0) is 23.8 Å². The lowest BCUT2D eigenvalue weighted by Crippen LogP contribution is -2.17. The van der Waals surface area contributed by atoms with Gasteiger partial charge < -0.3 is 0 Å². The lowest BCUT2D eigenvalue weighted by Gasteiger charge is -2.01. The average molecular weight is 381 g/mol. The zero-order valence-electron chi connectivity index (χ0n) is 12.0. The molecule has 122 valence electrons. The van der Waals surface area contributed by atoms with Crippen molar-refractivity contribution in [3.8, 4) is 0 Å². The molecule has 0 fully saturated rings. The number of H-pyrrole nitrogens is 1. The van der Waals surface area contributed by atoms with Gasteiger partial charge in [0.2, 0.25) is 0 Å². The number of thiazole rings is 1. The summed E-state index contributed by atoms with van der Waals surface area (Å²) in [4.78, 5) is 28.1. The number of nitrogens with one attached hydrogen (secondary N) is 2. The molecule has 0 aliphatic rings. The highest BCUT2D eigenvalue weighted by Crippen LogP contribution is 2.26. The number of carbonyl (C=O) groups is 1. The van der Waals surface area contributed by atoms with E-state index < -0.39 is 5.91 Å². The second-order valence-electron chi connectivity index (χ2n) is 4.82. The second-order valence-corrected chi connectivity index (χ2v) is 6.75. The third-order valence-electron chi connectivity index (χ3n) is 3.05. The molecule has 0 radical (unpaired) electrons. The van der Waals surface area contributed by atoms with Crippen LogP contribution in [0.5, 0.6) is 0 Å². The Bertz CT molecular complexity index is 934. The Labute approximate surface area is 150 Å². The zero-order valence-corrected chi connectivity index (χ0v) is 14.4. The van der Waals surface area contributed by atoms with Crippen molar-refractivity contribution in [2.45, 2.75) is 6.42 Å². The van der Waals surface area contributed by atoms with Gasteiger partial charge in [0, 0.05) is 23.6 Å². The van der Waals surface area contributed by atoms with Crippen LogP contribution < -0.4 is 10.9 Å². The van der Waals surface area contributed by atoms with Gasteiger partial charge in [-0.1, -0.05) is 29.3 Å². The Hall–Kier alpha value is -2.22. The first-order chi connectivity index (χ1) is 11.5. The van der Waals surface area contributed by atoms with Crippen LogP contribution in [0.4, 0.5) is 5.13 Å². The number of nitrogens with zero attached hydrogens (tertiary/aromatic N) is 2. The van der Waals surface area contributed by atoms with Crippen molar-refractivity contribution in [3.05, 3.63) is 73.1 Å². The summed E-state index contributed by atoms with van der Waals surface area (Å²) < 4.78 is 0. The monoisotopic (exact) mass is 380 g/mol. The Morgan fingerprint density at radius 1 is 1.21 bits per heavy atom. The number of carbonyl (C=O) groups excluding carboxylic acids is 1. The largest absolute Gasteiger partial charge is 0.296 e. The average Bonchev–Trinajstić information content (AvgIpc) is 2.98. The van der Waals surface area contributed by atoms with Gasteiger partial charge in [0.05, 0.1) is 10.0 Å². The van der Waals surface area contributed by atoms with Gasteiger partial charge in [-0.15, -0.1) is 11.3 Å². The smallest absolute Gasteiger partial charge is 0.277 e. The standard InChI is InChI=1S/C15H10Cl2N4O2S/c16-10-2-1-8(6-11(10)17)5-9-7-18-15(24-9)19-14(23)12-3-4-13(22)21-20-12/h1-4,6-7H,5H2,(H,21,22)(H,18,19,23). The van der Waals surface area contributed by atoms with E-state index in [9.17, 15) is 9.59 Å². The van der Waals surface area contributed by atoms with Crippen molar-refractivity contribution >= 4 is 45.6 Å².